The van der Waals surface area contributed by atoms with Gasteiger partial charge in [-0.1, -0.05) is 23.7 Å². The van der Waals surface area contributed by atoms with Crippen molar-refractivity contribution in [3.8, 4) is 0 Å². The van der Waals surface area contributed by atoms with Gasteiger partial charge in [-0.3, -0.25) is 14.7 Å². The zero-order valence-electron chi connectivity index (χ0n) is 14.7. The highest BCUT2D eigenvalue weighted by Crippen LogP contribution is 2.14. The first-order valence-corrected chi connectivity index (χ1v) is 8.91. The van der Waals surface area contributed by atoms with Gasteiger partial charge in [-0.2, -0.15) is 0 Å². The molecule has 1 heterocycles. The third kappa shape index (κ3) is 8.52. The third-order valence-electron chi connectivity index (χ3n) is 3.85. The maximum absolute atomic E-state index is 12.0. The van der Waals surface area contributed by atoms with Gasteiger partial charge in [0.2, 0.25) is 0 Å². The van der Waals surface area contributed by atoms with E-state index in [2.05, 4.69) is 20.5 Å². The van der Waals surface area contributed by atoms with Gasteiger partial charge >= 0.3 is 0 Å². The van der Waals surface area contributed by atoms with Crippen molar-refractivity contribution in [1.29, 1.82) is 0 Å². The number of carbonyl (C=O) groups excluding carboxylic acids is 1. The lowest BCUT2D eigenvalue weighted by Gasteiger charge is -2.26. The van der Waals surface area contributed by atoms with Crippen LogP contribution in [0.1, 0.15) is 16.8 Å². The molecule has 1 fully saturated rings. The van der Waals surface area contributed by atoms with E-state index in [1.54, 1.807) is 24.3 Å². The summed E-state index contributed by atoms with van der Waals surface area (Å²) in [6.07, 6.45) is 0.964. The van der Waals surface area contributed by atoms with Gasteiger partial charge in [-0.15, -0.1) is 24.0 Å². The Hall–Kier alpha value is -1.10. The number of aliphatic imine (C=N–C) groups is 1. The van der Waals surface area contributed by atoms with Crippen LogP contribution in [0, 0.1) is 0 Å². The van der Waals surface area contributed by atoms with Crippen molar-refractivity contribution < 1.29 is 9.53 Å². The van der Waals surface area contributed by atoms with Crippen molar-refractivity contribution in [2.24, 2.45) is 10.7 Å². The number of rotatable bonds is 8. The van der Waals surface area contributed by atoms with Crippen LogP contribution in [0.5, 0.6) is 0 Å². The summed E-state index contributed by atoms with van der Waals surface area (Å²) in [5.74, 6) is 0.197. The molecule has 1 saturated heterocycles. The molecule has 2 rings (SSSR count). The molecule has 0 spiro atoms. The molecule has 1 aromatic carbocycles. The van der Waals surface area contributed by atoms with Crippen LogP contribution >= 0.6 is 35.6 Å². The number of carbonyl (C=O) groups is 1. The molecule has 4 N–H and O–H groups in total. The lowest BCUT2D eigenvalue weighted by atomic mass is 10.2. The van der Waals surface area contributed by atoms with E-state index >= 15 is 0 Å². The number of ether oxygens (including phenoxy) is 1. The first-order valence-electron chi connectivity index (χ1n) is 8.53. The molecular formula is C17H27ClIN5O2. The Kier molecular flexibility index (Phi) is 11.6. The zero-order chi connectivity index (χ0) is 17.9. The van der Waals surface area contributed by atoms with E-state index < -0.39 is 0 Å². The van der Waals surface area contributed by atoms with Crippen molar-refractivity contribution in [3.05, 3.63) is 34.9 Å². The van der Waals surface area contributed by atoms with Crippen LogP contribution in [0.2, 0.25) is 5.02 Å². The number of hydrogen-bond donors (Lipinski definition) is 3. The summed E-state index contributed by atoms with van der Waals surface area (Å²) in [5.41, 5.74) is 6.28. The minimum atomic E-state index is -0.201. The number of nitrogens with one attached hydrogen (secondary N) is 2. The Bertz CT molecular complexity index is 582. The molecular weight excluding hydrogens is 469 g/mol. The monoisotopic (exact) mass is 495 g/mol. The van der Waals surface area contributed by atoms with Crippen LogP contribution in [0.25, 0.3) is 0 Å². The van der Waals surface area contributed by atoms with Crippen LogP contribution in [-0.2, 0) is 4.74 Å². The van der Waals surface area contributed by atoms with Crippen molar-refractivity contribution in [2.45, 2.75) is 6.42 Å². The average molecular weight is 496 g/mol. The smallest absolute Gasteiger partial charge is 0.252 e. The predicted octanol–water partition coefficient (Wildman–Crippen LogP) is 1.31. The summed E-state index contributed by atoms with van der Waals surface area (Å²) >= 11 is 5.98. The Morgan fingerprint density at radius 3 is 2.65 bits per heavy atom. The van der Waals surface area contributed by atoms with Crippen molar-refractivity contribution in [2.75, 3.05) is 52.5 Å². The van der Waals surface area contributed by atoms with Gasteiger partial charge in [-0.25, -0.2) is 0 Å². The highest BCUT2D eigenvalue weighted by atomic mass is 127. The molecule has 0 bridgehead atoms. The number of nitrogens with two attached hydrogens (primary N) is 1. The van der Waals surface area contributed by atoms with Gasteiger partial charge in [0.05, 0.1) is 23.8 Å². The first kappa shape index (κ1) is 22.9. The van der Waals surface area contributed by atoms with E-state index in [1.165, 1.54) is 0 Å². The fourth-order valence-electron chi connectivity index (χ4n) is 2.48. The minimum absolute atomic E-state index is 0. The van der Waals surface area contributed by atoms with Gasteiger partial charge < -0.3 is 21.1 Å². The fraction of sp³-hybridized carbons (Fsp3) is 0.529. The van der Waals surface area contributed by atoms with Crippen LogP contribution < -0.4 is 16.4 Å². The van der Waals surface area contributed by atoms with E-state index in [4.69, 9.17) is 22.1 Å². The molecule has 1 aliphatic rings. The number of halogens is 2. The summed E-state index contributed by atoms with van der Waals surface area (Å²) < 4.78 is 5.31. The number of hydrogen-bond acceptors (Lipinski definition) is 4. The molecule has 0 aliphatic carbocycles. The van der Waals surface area contributed by atoms with Gasteiger partial charge in [0.1, 0.15) is 0 Å². The van der Waals surface area contributed by atoms with Crippen LogP contribution in [0.4, 0.5) is 0 Å². The van der Waals surface area contributed by atoms with E-state index in [9.17, 15) is 4.79 Å². The van der Waals surface area contributed by atoms with Crippen LogP contribution in [0.3, 0.4) is 0 Å². The second-order valence-corrected chi connectivity index (χ2v) is 6.14. The number of guanidine groups is 1. The summed E-state index contributed by atoms with van der Waals surface area (Å²) in [5, 5.41) is 6.22. The second kappa shape index (κ2) is 13.1. The highest BCUT2D eigenvalue weighted by Gasteiger charge is 2.09. The summed E-state index contributed by atoms with van der Waals surface area (Å²) in [4.78, 5) is 18.6. The first-order chi connectivity index (χ1) is 12.2. The molecule has 1 amide bonds. The molecule has 0 atom stereocenters. The Morgan fingerprint density at radius 1 is 1.23 bits per heavy atom. The molecule has 1 aliphatic heterocycles. The van der Waals surface area contributed by atoms with Crippen molar-refractivity contribution in [1.82, 2.24) is 15.5 Å². The molecule has 0 unspecified atom stereocenters. The number of morpholine rings is 1. The lowest BCUT2D eigenvalue weighted by molar-refractivity contribution is 0.0377. The Labute approximate surface area is 176 Å². The molecule has 0 aromatic heterocycles. The standard InChI is InChI=1S/C17H26ClN5O2.HI/c18-15-5-2-1-4-14(15)16(24)20-7-8-22-17(19)21-6-3-9-23-10-12-25-13-11-23;/h1-2,4-5H,3,6-13H2,(H,20,24)(H3,19,21,22);1H. The number of amides is 1. The molecule has 1 aromatic rings. The van der Waals surface area contributed by atoms with Gasteiger partial charge in [-0.05, 0) is 18.6 Å². The van der Waals surface area contributed by atoms with Gasteiger partial charge in [0.25, 0.3) is 5.91 Å². The second-order valence-electron chi connectivity index (χ2n) is 5.74. The van der Waals surface area contributed by atoms with E-state index in [-0.39, 0.29) is 29.9 Å². The maximum atomic E-state index is 12.0. The molecule has 7 nitrogen and oxygen atoms in total. The minimum Gasteiger partial charge on any atom is -0.379 e. The molecule has 0 radical (unpaired) electrons. The van der Waals surface area contributed by atoms with E-state index in [0.717, 1.165) is 39.3 Å². The Morgan fingerprint density at radius 2 is 1.92 bits per heavy atom. The summed E-state index contributed by atoms with van der Waals surface area (Å²) in [6, 6.07) is 6.95. The van der Waals surface area contributed by atoms with Crippen molar-refractivity contribution in [3.63, 3.8) is 0 Å². The lowest BCUT2D eigenvalue weighted by Crippen LogP contribution is -2.39. The molecule has 0 saturated carbocycles. The highest BCUT2D eigenvalue weighted by molar-refractivity contribution is 14.0. The molecule has 9 heteroatoms. The molecule has 146 valence electrons. The SMILES string of the molecule is I.NC(=NCCCN1CCOCC1)NCCNC(=O)c1ccccc1Cl. The average Bonchev–Trinajstić information content (AvgIpc) is 2.63. The van der Waals surface area contributed by atoms with E-state index in [1.807, 2.05) is 0 Å². The number of benzene rings is 1. The molecule has 26 heavy (non-hydrogen) atoms. The number of nitrogens with zero attached hydrogens (tertiary/aromatic N) is 2. The zero-order valence-corrected chi connectivity index (χ0v) is 17.8. The van der Waals surface area contributed by atoms with Crippen LogP contribution in [0.15, 0.2) is 29.3 Å². The third-order valence-corrected chi connectivity index (χ3v) is 4.18. The normalized spacial score (nSPS) is 15.2. The quantitative estimate of drug-likeness (QED) is 0.219. The van der Waals surface area contributed by atoms with Gasteiger partial charge in [0, 0.05) is 39.3 Å². The van der Waals surface area contributed by atoms with Crippen molar-refractivity contribution >= 4 is 47.4 Å². The topological polar surface area (TPSA) is 92.0 Å². The Balaban J connectivity index is 0.00000338. The largest absolute Gasteiger partial charge is 0.379 e. The van der Waals surface area contributed by atoms with Gasteiger partial charge in [0.15, 0.2) is 5.96 Å². The maximum Gasteiger partial charge on any atom is 0.252 e. The fourth-order valence-corrected chi connectivity index (χ4v) is 2.70. The summed E-state index contributed by atoms with van der Waals surface area (Å²) in [7, 11) is 0. The van der Waals surface area contributed by atoms with E-state index in [0.29, 0.717) is 36.2 Å². The van der Waals surface area contributed by atoms with Crippen LogP contribution in [-0.4, -0.2) is 69.2 Å². The summed E-state index contributed by atoms with van der Waals surface area (Å²) in [6.45, 7) is 6.24. The predicted molar refractivity (Wildman–Crippen MR) is 116 cm³/mol.